The van der Waals surface area contributed by atoms with Gasteiger partial charge >= 0.3 is 0 Å². The highest BCUT2D eigenvalue weighted by Crippen LogP contribution is 2.29. The van der Waals surface area contributed by atoms with E-state index < -0.39 is 22.5 Å². The Morgan fingerprint density at radius 3 is 2.09 bits per heavy atom. The highest BCUT2D eigenvalue weighted by Gasteiger charge is 2.27. The van der Waals surface area contributed by atoms with E-state index in [4.69, 9.17) is 46.4 Å². The number of hydrazone groups is 1. The maximum absolute atomic E-state index is 13.3. The second-order valence-corrected chi connectivity index (χ2v) is 9.93. The molecule has 3 aromatic rings. The van der Waals surface area contributed by atoms with Gasteiger partial charge in [0.15, 0.2) is 0 Å². The van der Waals surface area contributed by atoms with E-state index in [9.17, 15) is 13.2 Å². The zero-order valence-electron chi connectivity index (χ0n) is 16.2. The third-order valence-electron chi connectivity index (χ3n) is 4.14. The fourth-order valence-corrected chi connectivity index (χ4v) is 5.12. The van der Waals surface area contributed by atoms with Gasteiger partial charge < -0.3 is 0 Å². The molecule has 1 N–H and O–H groups in total. The fraction of sp³-hybridized carbons (Fsp3) is 0.0476. The van der Waals surface area contributed by atoms with Crippen molar-refractivity contribution in [3.63, 3.8) is 0 Å². The number of hydrogen-bond acceptors (Lipinski definition) is 4. The number of amides is 1. The number of carbonyl (C=O) groups excluding carboxylic acids is 1. The van der Waals surface area contributed by atoms with Crippen molar-refractivity contribution in [2.75, 3.05) is 10.8 Å². The molecule has 0 aromatic heterocycles. The van der Waals surface area contributed by atoms with Gasteiger partial charge in [-0.05, 0) is 42.5 Å². The Bertz CT molecular complexity index is 1230. The Balaban J connectivity index is 1.89. The first kappa shape index (κ1) is 24.4. The number of carbonyl (C=O) groups is 1. The normalized spacial score (nSPS) is 11.5. The molecule has 0 bridgehead atoms. The lowest BCUT2D eigenvalue weighted by atomic mass is 10.2. The summed E-state index contributed by atoms with van der Waals surface area (Å²) in [4.78, 5) is 12.6. The standard InChI is InChI=1S/C21H15Cl4N3O3S/c22-14-9-15(23)11-16(10-14)28(32(30,31)17-5-2-1-3-6-17)13-21(29)27-26-12-18-19(24)7-4-8-20(18)25/h1-12H,13H2,(H,27,29)/b26-12-. The monoisotopic (exact) mass is 529 g/mol. The quantitative estimate of drug-likeness (QED) is 0.317. The van der Waals surface area contributed by atoms with E-state index in [0.717, 1.165) is 4.31 Å². The van der Waals surface area contributed by atoms with Crippen LogP contribution in [0.5, 0.6) is 0 Å². The van der Waals surface area contributed by atoms with Crippen molar-refractivity contribution in [2.24, 2.45) is 5.10 Å². The number of hydrogen-bond donors (Lipinski definition) is 1. The minimum atomic E-state index is -4.11. The molecule has 0 radical (unpaired) electrons. The number of sulfonamides is 1. The van der Waals surface area contributed by atoms with Crippen LogP contribution in [0.25, 0.3) is 0 Å². The lowest BCUT2D eigenvalue weighted by Gasteiger charge is -2.24. The molecule has 166 valence electrons. The first-order valence-corrected chi connectivity index (χ1v) is 11.9. The molecule has 0 saturated heterocycles. The van der Waals surface area contributed by atoms with Crippen molar-refractivity contribution in [1.82, 2.24) is 5.43 Å². The van der Waals surface area contributed by atoms with Crippen molar-refractivity contribution >= 4 is 74.2 Å². The number of nitrogens with one attached hydrogen (secondary N) is 1. The molecule has 0 atom stereocenters. The molecule has 11 heteroatoms. The van der Waals surface area contributed by atoms with Crippen molar-refractivity contribution in [3.8, 4) is 0 Å². The average Bonchev–Trinajstić information content (AvgIpc) is 2.74. The summed E-state index contributed by atoms with van der Waals surface area (Å²) in [6.07, 6.45) is 1.27. The van der Waals surface area contributed by atoms with Gasteiger partial charge in [-0.15, -0.1) is 0 Å². The molecular formula is C21H15Cl4N3O3S. The summed E-state index contributed by atoms with van der Waals surface area (Å²) in [5.74, 6) is -0.708. The highest BCUT2D eigenvalue weighted by molar-refractivity contribution is 7.92. The number of halogens is 4. The summed E-state index contributed by atoms with van der Waals surface area (Å²) in [6, 6.07) is 16.8. The Morgan fingerprint density at radius 2 is 1.50 bits per heavy atom. The van der Waals surface area contributed by atoms with Gasteiger partial charge in [0.05, 0.1) is 26.8 Å². The molecule has 3 rings (SSSR count). The molecule has 0 heterocycles. The van der Waals surface area contributed by atoms with Crippen LogP contribution >= 0.6 is 46.4 Å². The number of rotatable bonds is 7. The van der Waals surface area contributed by atoms with Crippen LogP contribution in [-0.2, 0) is 14.8 Å². The summed E-state index contributed by atoms with van der Waals surface area (Å²) in [7, 11) is -4.11. The van der Waals surface area contributed by atoms with Crippen LogP contribution in [-0.4, -0.2) is 27.1 Å². The molecule has 0 aliphatic rings. The highest BCUT2D eigenvalue weighted by atomic mass is 35.5. The van der Waals surface area contributed by atoms with E-state index in [1.54, 1.807) is 36.4 Å². The summed E-state index contributed by atoms with van der Waals surface area (Å²) in [5, 5.41) is 4.95. The fourth-order valence-electron chi connectivity index (χ4n) is 2.69. The van der Waals surface area contributed by atoms with Crippen LogP contribution in [0.1, 0.15) is 5.56 Å². The van der Waals surface area contributed by atoms with Crippen LogP contribution in [0.3, 0.4) is 0 Å². The molecule has 0 spiro atoms. The zero-order valence-corrected chi connectivity index (χ0v) is 20.0. The van der Waals surface area contributed by atoms with Gasteiger partial charge in [0, 0.05) is 15.6 Å². The van der Waals surface area contributed by atoms with Gasteiger partial charge in [-0.25, -0.2) is 13.8 Å². The van der Waals surface area contributed by atoms with Crippen LogP contribution in [0, 0.1) is 0 Å². The lowest BCUT2D eigenvalue weighted by molar-refractivity contribution is -0.119. The van der Waals surface area contributed by atoms with E-state index >= 15 is 0 Å². The maximum atomic E-state index is 13.3. The molecular weight excluding hydrogens is 516 g/mol. The molecule has 0 aliphatic carbocycles. The van der Waals surface area contributed by atoms with Gasteiger partial charge in [-0.2, -0.15) is 5.10 Å². The molecule has 32 heavy (non-hydrogen) atoms. The van der Waals surface area contributed by atoms with Gasteiger partial charge in [0.25, 0.3) is 15.9 Å². The summed E-state index contributed by atoms with van der Waals surface area (Å²) in [6.45, 7) is -0.582. The van der Waals surface area contributed by atoms with E-state index in [2.05, 4.69) is 10.5 Å². The molecule has 0 unspecified atom stereocenters. The first-order chi connectivity index (χ1) is 15.2. The number of anilines is 1. The smallest absolute Gasteiger partial charge is 0.264 e. The Labute approximate surface area is 205 Å². The third-order valence-corrected chi connectivity index (χ3v) is 7.02. The molecule has 3 aromatic carbocycles. The van der Waals surface area contributed by atoms with E-state index in [-0.39, 0.29) is 20.6 Å². The Morgan fingerprint density at radius 1 is 0.906 bits per heavy atom. The number of benzene rings is 3. The summed E-state index contributed by atoms with van der Waals surface area (Å²) >= 11 is 24.2. The SMILES string of the molecule is O=C(CN(c1cc(Cl)cc(Cl)c1)S(=O)(=O)c1ccccc1)N/N=C\c1c(Cl)cccc1Cl. The van der Waals surface area contributed by atoms with E-state index in [0.29, 0.717) is 15.6 Å². The molecule has 0 saturated carbocycles. The van der Waals surface area contributed by atoms with Crippen LogP contribution in [0.2, 0.25) is 20.1 Å². The third kappa shape index (κ3) is 5.94. The van der Waals surface area contributed by atoms with E-state index in [1.165, 1.54) is 36.5 Å². The minimum absolute atomic E-state index is 0.00440. The maximum Gasteiger partial charge on any atom is 0.264 e. The minimum Gasteiger partial charge on any atom is -0.271 e. The van der Waals surface area contributed by atoms with Gasteiger partial charge in [0.2, 0.25) is 0 Å². The van der Waals surface area contributed by atoms with Gasteiger partial charge in [0.1, 0.15) is 6.54 Å². The van der Waals surface area contributed by atoms with Gasteiger partial charge in [-0.3, -0.25) is 9.10 Å². The van der Waals surface area contributed by atoms with Crippen LogP contribution in [0.4, 0.5) is 5.69 Å². The lowest BCUT2D eigenvalue weighted by Crippen LogP contribution is -2.39. The largest absolute Gasteiger partial charge is 0.271 e. The average molecular weight is 531 g/mol. The molecule has 6 nitrogen and oxygen atoms in total. The Hall–Kier alpha value is -2.29. The second-order valence-electron chi connectivity index (χ2n) is 6.38. The van der Waals surface area contributed by atoms with Crippen LogP contribution < -0.4 is 9.73 Å². The van der Waals surface area contributed by atoms with Gasteiger partial charge in [-0.1, -0.05) is 70.7 Å². The van der Waals surface area contributed by atoms with Crippen molar-refractivity contribution in [2.45, 2.75) is 4.90 Å². The van der Waals surface area contributed by atoms with Crippen LogP contribution in [0.15, 0.2) is 76.7 Å². The second kappa shape index (κ2) is 10.6. The summed E-state index contributed by atoms with van der Waals surface area (Å²) in [5.41, 5.74) is 2.81. The predicted molar refractivity (Wildman–Crippen MR) is 130 cm³/mol. The first-order valence-electron chi connectivity index (χ1n) is 8.98. The Kier molecular flexibility index (Phi) is 8.03. The zero-order chi connectivity index (χ0) is 23.3. The van der Waals surface area contributed by atoms with E-state index in [1.807, 2.05) is 0 Å². The predicted octanol–water partition coefficient (Wildman–Crippen LogP) is 5.65. The van der Waals surface area contributed by atoms with Crippen molar-refractivity contribution < 1.29 is 13.2 Å². The molecule has 1 amide bonds. The molecule has 0 fully saturated rings. The molecule has 0 aliphatic heterocycles. The topological polar surface area (TPSA) is 78.8 Å². The summed E-state index contributed by atoms with van der Waals surface area (Å²) < 4.78 is 27.4. The number of nitrogens with zero attached hydrogens (tertiary/aromatic N) is 2. The van der Waals surface area contributed by atoms with Crippen molar-refractivity contribution in [3.05, 3.63) is 92.4 Å². The van der Waals surface area contributed by atoms with Crippen molar-refractivity contribution in [1.29, 1.82) is 0 Å².